The lowest BCUT2D eigenvalue weighted by Gasteiger charge is -2.07. The van der Waals surface area contributed by atoms with Gasteiger partial charge < -0.3 is 15.4 Å². The summed E-state index contributed by atoms with van der Waals surface area (Å²) in [4.78, 5) is 20.7. The van der Waals surface area contributed by atoms with Crippen LogP contribution in [0.2, 0.25) is 0 Å². The maximum Gasteiger partial charge on any atom is 0.410 e. The van der Waals surface area contributed by atoms with Crippen LogP contribution in [0.3, 0.4) is 0 Å². The molecule has 0 saturated heterocycles. The SMILES string of the molecule is C=CCNC(=O)C(C)n1cc(S(=O)(=O)Cl)c([N+](=O)[O-])n1. The summed E-state index contributed by atoms with van der Waals surface area (Å²) in [5.74, 6) is -1.43. The van der Waals surface area contributed by atoms with E-state index in [4.69, 9.17) is 10.7 Å². The van der Waals surface area contributed by atoms with Crippen LogP contribution in [-0.2, 0) is 13.8 Å². The second-order valence-electron chi connectivity index (χ2n) is 3.70. The van der Waals surface area contributed by atoms with Gasteiger partial charge in [0.2, 0.25) is 10.8 Å². The monoisotopic (exact) mass is 322 g/mol. The van der Waals surface area contributed by atoms with E-state index in [9.17, 15) is 23.3 Å². The van der Waals surface area contributed by atoms with E-state index in [-0.39, 0.29) is 6.54 Å². The van der Waals surface area contributed by atoms with Crippen molar-refractivity contribution in [2.45, 2.75) is 17.9 Å². The van der Waals surface area contributed by atoms with Crippen molar-refractivity contribution < 1.29 is 18.1 Å². The molecule has 20 heavy (non-hydrogen) atoms. The zero-order chi connectivity index (χ0) is 15.5. The van der Waals surface area contributed by atoms with Gasteiger partial charge in [-0.05, 0) is 11.8 Å². The van der Waals surface area contributed by atoms with Crippen LogP contribution in [0.5, 0.6) is 0 Å². The molecule has 0 aliphatic rings. The van der Waals surface area contributed by atoms with Gasteiger partial charge >= 0.3 is 5.82 Å². The number of aromatic nitrogens is 2. The number of nitrogens with zero attached hydrogens (tertiary/aromatic N) is 3. The van der Waals surface area contributed by atoms with Crippen LogP contribution in [0.4, 0.5) is 5.82 Å². The Balaban J connectivity index is 3.18. The third kappa shape index (κ3) is 3.54. The van der Waals surface area contributed by atoms with Crippen LogP contribution in [0, 0.1) is 10.1 Å². The van der Waals surface area contributed by atoms with Gasteiger partial charge in [0.05, 0.1) is 11.3 Å². The van der Waals surface area contributed by atoms with Crippen LogP contribution in [0.1, 0.15) is 13.0 Å². The molecule has 1 aromatic heterocycles. The first kappa shape index (κ1) is 16.1. The van der Waals surface area contributed by atoms with E-state index in [2.05, 4.69) is 17.0 Å². The number of carbonyl (C=O) groups is 1. The Morgan fingerprint density at radius 3 is 2.75 bits per heavy atom. The Morgan fingerprint density at radius 2 is 2.35 bits per heavy atom. The second-order valence-corrected chi connectivity index (χ2v) is 6.24. The highest BCUT2D eigenvalue weighted by atomic mass is 35.7. The third-order valence-electron chi connectivity index (χ3n) is 2.31. The molecule has 1 rings (SSSR count). The second kappa shape index (κ2) is 6.01. The topological polar surface area (TPSA) is 124 Å². The number of rotatable bonds is 6. The summed E-state index contributed by atoms with van der Waals surface area (Å²) in [6.45, 7) is 5.02. The largest absolute Gasteiger partial charge is 0.410 e. The van der Waals surface area contributed by atoms with Crippen molar-refractivity contribution in [3.8, 4) is 0 Å². The number of halogens is 1. The molecule has 1 N–H and O–H groups in total. The Hall–Kier alpha value is -1.94. The first-order valence-electron chi connectivity index (χ1n) is 5.25. The van der Waals surface area contributed by atoms with Crippen molar-refractivity contribution in [1.29, 1.82) is 0 Å². The quantitative estimate of drug-likeness (QED) is 0.353. The standard InChI is InChI=1S/C9H11ClN4O5S/c1-3-4-11-9(15)6(2)13-5-7(20(10,18)19)8(12-13)14(16)17/h3,5-6H,1,4H2,2H3,(H,11,15). The molecule has 0 aromatic carbocycles. The molecule has 1 amide bonds. The van der Waals surface area contributed by atoms with Gasteiger partial charge in [-0.1, -0.05) is 6.08 Å². The van der Waals surface area contributed by atoms with E-state index in [0.717, 1.165) is 10.9 Å². The van der Waals surface area contributed by atoms with Gasteiger partial charge in [0.15, 0.2) is 0 Å². The molecule has 11 heteroatoms. The molecular formula is C9H11ClN4O5S. The number of carbonyl (C=O) groups excluding carboxylic acids is 1. The molecule has 0 fully saturated rings. The maximum atomic E-state index is 11.7. The molecule has 1 heterocycles. The zero-order valence-electron chi connectivity index (χ0n) is 10.3. The molecule has 0 spiro atoms. The van der Waals surface area contributed by atoms with Crippen LogP contribution >= 0.6 is 10.7 Å². The minimum absolute atomic E-state index is 0.202. The fraction of sp³-hybridized carbons (Fsp3) is 0.333. The lowest BCUT2D eigenvalue weighted by Crippen LogP contribution is -2.31. The Bertz CT molecular complexity index is 653. The average molecular weight is 323 g/mol. The molecule has 0 aliphatic heterocycles. The summed E-state index contributed by atoms with van der Waals surface area (Å²) in [5, 5.41) is 16.7. The van der Waals surface area contributed by atoms with E-state index in [1.165, 1.54) is 13.0 Å². The first-order chi connectivity index (χ1) is 9.18. The van der Waals surface area contributed by atoms with Crippen molar-refractivity contribution in [2.24, 2.45) is 0 Å². The highest BCUT2D eigenvalue weighted by Gasteiger charge is 2.32. The highest BCUT2D eigenvalue weighted by Crippen LogP contribution is 2.26. The zero-order valence-corrected chi connectivity index (χ0v) is 11.9. The molecule has 0 radical (unpaired) electrons. The van der Waals surface area contributed by atoms with E-state index in [1.807, 2.05) is 0 Å². The van der Waals surface area contributed by atoms with Crippen molar-refractivity contribution >= 4 is 31.5 Å². The van der Waals surface area contributed by atoms with Crippen molar-refractivity contribution in [2.75, 3.05) is 6.54 Å². The number of hydrogen-bond acceptors (Lipinski definition) is 6. The third-order valence-corrected chi connectivity index (χ3v) is 3.62. The first-order valence-corrected chi connectivity index (χ1v) is 7.56. The highest BCUT2D eigenvalue weighted by molar-refractivity contribution is 8.13. The number of nitro groups is 1. The lowest BCUT2D eigenvalue weighted by molar-refractivity contribution is -0.392. The fourth-order valence-electron chi connectivity index (χ4n) is 1.30. The Morgan fingerprint density at radius 1 is 1.75 bits per heavy atom. The Kier molecular flexibility index (Phi) is 4.84. The summed E-state index contributed by atoms with van der Waals surface area (Å²) in [7, 11) is 0.755. The predicted molar refractivity (Wildman–Crippen MR) is 69.8 cm³/mol. The van der Waals surface area contributed by atoms with Gasteiger partial charge in [0.1, 0.15) is 6.04 Å². The number of hydrogen-bond donors (Lipinski definition) is 1. The van der Waals surface area contributed by atoms with Crippen LogP contribution in [-0.4, -0.2) is 35.6 Å². The molecule has 110 valence electrons. The van der Waals surface area contributed by atoms with Gasteiger partial charge in [-0.2, -0.15) is 4.68 Å². The molecule has 0 saturated carbocycles. The molecule has 0 bridgehead atoms. The van der Waals surface area contributed by atoms with Crippen molar-refractivity contribution in [3.63, 3.8) is 0 Å². The van der Waals surface area contributed by atoms with Crippen molar-refractivity contribution in [1.82, 2.24) is 15.1 Å². The van der Waals surface area contributed by atoms with Crippen LogP contribution < -0.4 is 5.32 Å². The molecule has 1 unspecified atom stereocenters. The molecule has 1 aromatic rings. The van der Waals surface area contributed by atoms with Crippen LogP contribution in [0.15, 0.2) is 23.7 Å². The van der Waals surface area contributed by atoms with E-state index in [1.54, 1.807) is 0 Å². The smallest absolute Gasteiger partial charge is 0.358 e. The fourth-order valence-corrected chi connectivity index (χ4v) is 2.20. The van der Waals surface area contributed by atoms with Gasteiger partial charge in [-0.3, -0.25) is 4.79 Å². The van der Waals surface area contributed by atoms with E-state index in [0.29, 0.717) is 0 Å². The lowest BCUT2D eigenvalue weighted by atomic mass is 10.3. The summed E-state index contributed by atoms with van der Waals surface area (Å²) in [6, 6.07) is -0.944. The maximum absolute atomic E-state index is 11.7. The summed E-state index contributed by atoms with van der Waals surface area (Å²) < 4.78 is 23.3. The minimum atomic E-state index is -4.33. The van der Waals surface area contributed by atoms with E-state index < -0.39 is 36.6 Å². The Labute approximate surface area is 118 Å². The van der Waals surface area contributed by atoms with Gasteiger partial charge in [-0.25, -0.2) is 8.42 Å². The van der Waals surface area contributed by atoms with Crippen molar-refractivity contribution in [3.05, 3.63) is 29.0 Å². The molecule has 0 aliphatic carbocycles. The van der Waals surface area contributed by atoms with E-state index >= 15 is 0 Å². The molecule has 9 nitrogen and oxygen atoms in total. The van der Waals surface area contributed by atoms with Gasteiger partial charge in [0.25, 0.3) is 9.05 Å². The predicted octanol–water partition coefficient (Wildman–Crippen LogP) is 0.582. The van der Waals surface area contributed by atoms with Gasteiger partial charge in [-0.15, -0.1) is 6.58 Å². The summed E-state index contributed by atoms with van der Waals surface area (Å²) in [5.41, 5.74) is 0. The minimum Gasteiger partial charge on any atom is -0.358 e. The van der Waals surface area contributed by atoms with Crippen LogP contribution in [0.25, 0.3) is 0 Å². The molecule has 1 atom stereocenters. The average Bonchev–Trinajstić information content (AvgIpc) is 2.79. The number of nitrogens with one attached hydrogen (secondary N) is 1. The summed E-state index contributed by atoms with van der Waals surface area (Å²) in [6.07, 6.45) is 2.30. The summed E-state index contributed by atoms with van der Waals surface area (Å²) >= 11 is 0. The van der Waals surface area contributed by atoms with Gasteiger partial charge in [0, 0.05) is 17.2 Å². The molecular weight excluding hydrogens is 312 g/mol. The normalized spacial score (nSPS) is 12.7. The number of amides is 1.